The molecule has 0 fully saturated rings. The fraction of sp³-hybridized carbons (Fsp3) is 0.400. The van der Waals surface area contributed by atoms with Crippen molar-refractivity contribution < 1.29 is 9.15 Å². The molecule has 0 aliphatic rings. The molecular formula is C10H12O2. The summed E-state index contributed by atoms with van der Waals surface area (Å²) < 4.78 is 10.6. The highest BCUT2D eigenvalue weighted by atomic mass is 16.5. The second-order valence-corrected chi connectivity index (χ2v) is 2.61. The van der Waals surface area contributed by atoms with E-state index in [4.69, 9.17) is 15.6 Å². The Kier molecular flexibility index (Phi) is 2.95. The van der Waals surface area contributed by atoms with Gasteiger partial charge in [-0.2, -0.15) is 0 Å². The van der Waals surface area contributed by atoms with E-state index in [0.717, 1.165) is 11.5 Å². The zero-order valence-electron chi connectivity index (χ0n) is 7.33. The molecule has 0 N–H and O–H groups in total. The van der Waals surface area contributed by atoms with Crippen LogP contribution in [-0.4, -0.2) is 6.61 Å². The van der Waals surface area contributed by atoms with Crippen molar-refractivity contribution in [3.8, 4) is 12.3 Å². The van der Waals surface area contributed by atoms with E-state index in [2.05, 4.69) is 5.92 Å². The molecule has 0 aliphatic heterocycles. The molecule has 0 amide bonds. The summed E-state index contributed by atoms with van der Waals surface area (Å²) in [5, 5.41) is 0. The molecule has 1 atom stereocenters. The highest BCUT2D eigenvalue weighted by Gasteiger charge is 2.08. The van der Waals surface area contributed by atoms with Crippen LogP contribution >= 0.6 is 0 Å². The van der Waals surface area contributed by atoms with Gasteiger partial charge in [0, 0.05) is 0 Å². The molecular weight excluding hydrogens is 152 g/mol. The van der Waals surface area contributed by atoms with Crippen molar-refractivity contribution in [2.45, 2.75) is 20.0 Å². The average Bonchev–Trinajstić information content (AvgIpc) is 2.47. The Bertz CT molecular complexity index is 280. The Hall–Kier alpha value is -1.20. The normalized spacial score (nSPS) is 12.4. The zero-order chi connectivity index (χ0) is 8.97. The van der Waals surface area contributed by atoms with Crippen molar-refractivity contribution in [3.05, 3.63) is 23.7 Å². The van der Waals surface area contributed by atoms with Gasteiger partial charge in [0.2, 0.25) is 0 Å². The highest BCUT2D eigenvalue weighted by Crippen LogP contribution is 2.18. The molecule has 1 heterocycles. The molecule has 2 heteroatoms. The van der Waals surface area contributed by atoms with E-state index in [-0.39, 0.29) is 6.10 Å². The maximum atomic E-state index is 5.35. The first-order valence-electron chi connectivity index (χ1n) is 3.85. The SMILES string of the molecule is C#CCOC(C)c1ccc(C)o1. The van der Waals surface area contributed by atoms with Crippen molar-refractivity contribution in [1.29, 1.82) is 0 Å². The summed E-state index contributed by atoms with van der Waals surface area (Å²) in [5.41, 5.74) is 0. The van der Waals surface area contributed by atoms with Crippen LogP contribution in [0.4, 0.5) is 0 Å². The standard InChI is InChI=1S/C10H12O2/c1-4-7-11-9(3)10-6-5-8(2)12-10/h1,5-6,9H,7H2,2-3H3. The van der Waals surface area contributed by atoms with Crippen LogP contribution in [-0.2, 0) is 4.74 Å². The van der Waals surface area contributed by atoms with Crippen LogP contribution in [0.3, 0.4) is 0 Å². The molecule has 0 radical (unpaired) electrons. The molecule has 0 aliphatic carbocycles. The Morgan fingerprint density at radius 3 is 2.92 bits per heavy atom. The van der Waals surface area contributed by atoms with Crippen LogP contribution in [0.2, 0.25) is 0 Å². The van der Waals surface area contributed by atoms with Gasteiger partial charge in [-0.05, 0) is 26.0 Å². The van der Waals surface area contributed by atoms with Gasteiger partial charge >= 0.3 is 0 Å². The number of furan rings is 1. The second-order valence-electron chi connectivity index (χ2n) is 2.61. The fourth-order valence-corrected chi connectivity index (χ4v) is 0.927. The van der Waals surface area contributed by atoms with Gasteiger partial charge in [-0.1, -0.05) is 5.92 Å². The van der Waals surface area contributed by atoms with E-state index in [1.807, 2.05) is 26.0 Å². The molecule has 1 aromatic rings. The van der Waals surface area contributed by atoms with Crippen LogP contribution in [0.1, 0.15) is 24.5 Å². The van der Waals surface area contributed by atoms with Crippen LogP contribution in [0.5, 0.6) is 0 Å². The molecule has 0 bridgehead atoms. The number of ether oxygens (including phenoxy) is 1. The predicted octanol–water partition coefficient (Wildman–Crippen LogP) is 2.30. The fourth-order valence-electron chi connectivity index (χ4n) is 0.927. The number of rotatable bonds is 3. The van der Waals surface area contributed by atoms with Crippen molar-refractivity contribution in [1.82, 2.24) is 0 Å². The largest absolute Gasteiger partial charge is 0.464 e. The lowest BCUT2D eigenvalue weighted by molar-refractivity contribution is 0.0745. The summed E-state index contributed by atoms with van der Waals surface area (Å²) >= 11 is 0. The maximum absolute atomic E-state index is 5.35. The number of aryl methyl sites for hydroxylation is 1. The first kappa shape index (κ1) is 8.89. The third kappa shape index (κ3) is 2.14. The van der Waals surface area contributed by atoms with Crippen molar-refractivity contribution >= 4 is 0 Å². The molecule has 12 heavy (non-hydrogen) atoms. The summed E-state index contributed by atoms with van der Waals surface area (Å²) in [5.74, 6) is 4.12. The van der Waals surface area contributed by atoms with Crippen LogP contribution in [0.15, 0.2) is 16.5 Å². The van der Waals surface area contributed by atoms with Gasteiger partial charge in [0.15, 0.2) is 0 Å². The molecule has 0 spiro atoms. The monoisotopic (exact) mass is 164 g/mol. The van der Waals surface area contributed by atoms with Crippen molar-refractivity contribution in [2.24, 2.45) is 0 Å². The molecule has 0 saturated heterocycles. The number of hydrogen-bond acceptors (Lipinski definition) is 2. The molecule has 64 valence electrons. The average molecular weight is 164 g/mol. The Morgan fingerprint density at radius 1 is 1.67 bits per heavy atom. The Morgan fingerprint density at radius 2 is 2.42 bits per heavy atom. The van der Waals surface area contributed by atoms with E-state index < -0.39 is 0 Å². The van der Waals surface area contributed by atoms with Gasteiger partial charge in [0.1, 0.15) is 24.2 Å². The van der Waals surface area contributed by atoms with Crippen molar-refractivity contribution in [2.75, 3.05) is 6.61 Å². The van der Waals surface area contributed by atoms with Crippen LogP contribution < -0.4 is 0 Å². The van der Waals surface area contributed by atoms with Gasteiger partial charge in [-0.15, -0.1) is 6.42 Å². The topological polar surface area (TPSA) is 22.4 Å². The molecule has 2 nitrogen and oxygen atoms in total. The van der Waals surface area contributed by atoms with Gasteiger partial charge in [0.25, 0.3) is 0 Å². The van der Waals surface area contributed by atoms with E-state index in [0.29, 0.717) is 6.61 Å². The third-order valence-corrected chi connectivity index (χ3v) is 1.58. The summed E-state index contributed by atoms with van der Waals surface area (Å²) in [6.07, 6.45) is 4.99. The first-order chi connectivity index (χ1) is 5.74. The lowest BCUT2D eigenvalue weighted by Crippen LogP contribution is -1.98. The number of terminal acetylenes is 1. The summed E-state index contributed by atoms with van der Waals surface area (Å²) in [6.45, 7) is 4.13. The Labute approximate surface area is 72.5 Å². The van der Waals surface area contributed by atoms with Gasteiger partial charge in [-0.3, -0.25) is 0 Å². The van der Waals surface area contributed by atoms with Crippen LogP contribution in [0, 0.1) is 19.3 Å². The minimum Gasteiger partial charge on any atom is -0.464 e. The van der Waals surface area contributed by atoms with Crippen LogP contribution in [0.25, 0.3) is 0 Å². The Balaban J connectivity index is 2.54. The second kappa shape index (κ2) is 3.99. The summed E-state index contributed by atoms with van der Waals surface area (Å²) in [7, 11) is 0. The van der Waals surface area contributed by atoms with E-state index in [1.54, 1.807) is 0 Å². The minimum atomic E-state index is -0.0604. The molecule has 1 rings (SSSR count). The maximum Gasteiger partial charge on any atom is 0.132 e. The quantitative estimate of drug-likeness (QED) is 0.639. The first-order valence-corrected chi connectivity index (χ1v) is 3.85. The highest BCUT2D eigenvalue weighted by molar-refractivity contribution is 5.07. The van der Waals surface area contributed by atoms with Gasteiger partial charge in [-0.25, -0.2) is 0 Å². The lowest BCUT2D eigenvalue weighted by atomic mass is 10.3. The molecule has 0 aromatic carbocycles. The van der Waals surface area contributed by atoms with E-state index in [1.165, 1.54) is 0 Å². The summed E-state index contributed by atoms with van der Waals surface area (Å²) in [4.78, 5) is 0. The molecule has 1 aromatic heterocycles. The van der Waals surface area contributed by atoms with Crippen molar-refractivity contribution in [3.63, 3.8) is 0 Å². The third-order valence-electron chi connectivity index (χ3n) is 1.58. The lowest BCUT2D eigenvalue weighted by Gasteiger charge is -2.06. The minimum absolute atomic E-state index is 0.0604. The van der Waals surface area contributed by atoms with E-state index in [9.17, 15) is 0 Å². The molecule has 0 saturated carbocycles. The zero-order valence-corrected chi connectivity index (χ0v) is 7.33. The van der Waals surface area contributed by atoms with E-state index >= 15 is 0 Å². The summed E-state index contributed by atoms with van der Waals surface area (Å²) in [6, 6.07) is 3.81. The van der Waals surface area contributed by atoms with Gasteiger partial charge in [0.05, 0.1) is 0 Å². The van der Waals surface area contributed by atoms with Gasteiger partial charge < -0.3 is 9.15 Å². The predicted molar refractivity (Wildman–Crippen MR) is 46.6 cm³/mol. The molecule has 1 unspecified atom stereocenters. The smallest absolute Gasteiger partial charge is 0.132 e. The number of hydrogen-bond donors (Lipinski definition) is 0.